The largest absolute Gasteiger partial charge is 0.493 e. The molecule has 2 heterocycles. The molecule has 0 radical (unpaired) electrons. The monoisotopic (exact) mass is 664 g/mol. The lowest BCUT2D eigenvalue weighted by atomic mass is 9.90. The van der Waals surface area contributed by atoms with E-state index < -0.39 is 16.1 Å². The van der Waals surface area contributed by atoms with Gasteiger partial charge in [0.1, 0.15) is 11.8 Å². The molecule has 0 aromatic heterocycles. The number of rotatable bonds is 9. The number of nitrogens with two attached hydrogens (primary N) is 1. The molecule has 2 saturated heterocycles. The summed E-state index contributed by atoms with van der Waals surface area (Å²) in [6.45, 7) is 3.45. The van der Waals surface area contributed by atoms with Gasteiger partial charge in [-0.05, 0) is 84.7 Å². The number of piperidine rings is 1. The van der Waals surface area contributed by atoms with Crippen LogP contribution >= 0.6 is 11.6 Å². The Labute approximate surface area is 278 Å². The molecule has 0 unspecified atom stereocenters. The van der Waals surface area contributed by atoms with Gasteiger partial charge in [-0.15, -0.1) is 0 Å². The molecule has 1 aliphatic carbocycles. The Kier molecular flexibility index (Phi) is 10.7. The Morgan fingerprint density at radius 3 is 2.09 bits per heavy atom. The molecule has 46 heavy (non-hydrogen) atoms. The van der Waals surface area contributed by atoms with Gasteiger partial charge < -0.3 is 15.4 Å². The van der Waals surface area contributed by atoms with E-state index in [4.69, 9.17) is 22.1 Å². The summed E-state index contributed by atoms with van der Waals surface area (Å²) in [7, 11) is -3.92. The number of halogens is 1. The van der Waals surface area contributed by atoms with Crippen LogP contribution < -0.4 is 10.5 Å². The van der Waals surface area contributed by atoms with Crippen LogP contribution in [-0.2, 0) is 21.4 Å². The van der Waals surface area contributed by atoms with Crippen LogP contribution in [0.3, 0.4) is 0 Å². The molecular formula is C36H45ClN4O4S. The first-order valence-electron chi connectivity index (χ1n) is 16.6. The van der Waals surface area contributed by atoms with Crippen LogP contribution in [0.5, 0.6) is 5.75 Å². The van der Waals surface area contributed by atoms with Crippen LogP contribution in [-0.4, -0.2) is 79.8 Å². The van der Waals surface area contributed by atoms with E-state index in [1.165, 1.54) is 36.4 Å². The Morgan fingerprint density at radius 1 is 0.804 bits per heavy atom. The quantitative estimate of drug-likeness (QED) is 0.311. The standard InChI is InChI=1S/C36H45ClN4O4S/c37-31-12-10-30(11-13-31)29-8-6-27(7-9-29)24-39-22-23-41(35(25-39)36(42)40-20-18-32(38)19-21-40)46(43,44)34-16-14-33(15-17-34)45-26-28-4-2-1-3-5-28/h6-17,28,32,35H,1-5,18-26,38H2/t35-/m1/s1. The predicted octanol–water partition coefficient (Wildman–Crippen LogP) is 5.79. The number of carbonyl (C=O) groups is 1. The number of amides is 1. The molecule has 0 spiro atoms. The van der Waals surface area contributed by atoms with Gasteiger partial charge in [-0.1, -0.05) is 67.3 Å². The number of sulfonamides is 1. The van der Waals surface area contributed by atoms with Crippen LogP contribution in [0.2, 0.25) is 5.02 Å². The summed E-state index contributed by atoms with van der Waals surface area (Å²) in [4.78, 5) is 18.1. The molecule has 3 aromatic rings. The van der Waals surface area contributed by atoms with E-state index in [9.17, 15) is 13.2 Å². The number of ether oxygens (including phenoxy) is 1. The van der Waals surface area contributed by atoms with Gasteiger partial charge in [-0.25, -0.2) is 8.42 Å². The third kappa shape index (κ3) is 7.94. The van der Waals surface area contributed by atoms with E-state index in [1.54, 1.807) is 29.2 Å². The van der Waals surface area contributed by atoms with Gasteiger partial charge in [0.15, 0.2) is 0 Å². The predicted molar refractivity (Wildman–Crippen MR) is 182 cm³/mol. The smallest absolute Gasteiger partial charge is 0.243 e. The van der Waals surface area contributed by atoms with Crippen molar-refractivity contribution in [2.75, 3.05) is 39.3 Å². The average Bonchev–Trinajstić information content (AvgIpc) is 3.09. The minimum atomic E-state index is -3.92. The van der Waals surface area contributed by atoms with Gasteiger partial charge >= 0.3 is 0 Å². The van der Waals surface area contributed by atoms with Gasteiger partial charge in [-0.3, -0.25) is 9.69 Å². The van der Waals surface area contributed by atoms with Crippen LogP contribution in [0, 0.1) is 5.92 Å². The maximum Gasteiger partial charge on any atom is 0.243 e. The van der Waals surface area contributed by atoms with E-state index in [1.807, 2.05) is 24.3 Å². The van der Waals surface area contributed by atoms with Crippen molar-refractivity contribution >= 4 is 27.5 Å². The number of nitrogens with zero attached hydrogens (tertiary/aromatic N) is 3. The van der Waals surface area contributed by atoms with Crippen LogP contribution in [0.15, 0.2) is 77.7 Å². The van der Waals surface area contributed by atoms with Crippen molar-refractivity contribution in [2.45, 2.75) is 68.5 Å². The van der Waals surface area contributed by atoms with Crippen LogP contribution in [0.25, 0.3) is 11.1 Å². The summed E-state index contributed by atoms with van der Waals surface area (Å²) in [6, 6.07) is 22.1. The van der Waals surface area contributed by atoms with Gasteiger partial charge in [0.05, 0.1) is 11.5 Å². The van der Waals surface area contributed by atoms with Crippen LogP contribution in [0.1, 0.15) is 50.5 Å². The molecule has 3 fully saturated rings. The normalized spacial score (nSPS) is 20.9. The molecular weight excluding hydrogens is 620 g/mol. The topological polar surface area (TPSA) is 96.2 Å². The number of hydrogen-bond acceptors (Lipinski definition) is 6. The summed E-state index contributed by atoms with van der Waals surface area (Å²) in [5, 5.41) is 0.703. The molecule has 3 aliphatic rings. The van der Waals surface area contributed by atoms with E-state index in [-0.39, 0.29) is 23.4 Å². The zero-order chi connectivity index (χ0) is 32.1. The summed E-state index contributed by atoms with van der Waals surface area (Å²) in [6.07, 6.45) is 7.61. The molecule has 8 nitrogen and oxygen atoms in total. The fourth-order valence-electron chi connectivity index (χ4n) is 6.90. The number of benzene rings is 3. The average molecular weight is 665 g/mol. The van der Waals surface area contributed by atoms with Gasteiger partial charge in [0.25, 0.3) is 0 Å². The lowest BCUT2D eigenvalue weighted by Crippen LogP contribution is -2.61. The maximum atomic E-state index is 14.1. The van der Waals surface area contributed by atoms with Crippen molar-refractivity contribution < 1.29 is 17.9 Å². The SMILES string of the molecule is NC1CCN(C(=O)[C@H]2CN(Cc3ccc(-c4ccc(Cl)cc4)cc3)CCN2S(=O)(=O)c2ccc(OCC3CCCCC3)cc2)CC1. The molecule has 0 bridgehead atoms. The third-order valence-electron chi connectivity index (χ3n) is 9.73. The van der Waals surface area contributed by atoms with Crippen molar-refractivity contribution in [2.24, 2.45) is 11.7 Å². The van der Waals surface area contributed by atoms with E-state index in [2.05, 4.69) is 29.2 Å². The summed E-state index contributed by atoms with van der Waals surface area (Å²) in [5.41, 5.74) is 9.41. The van der Waals surface area contributed by atoms with Crippen molar-refractivity contribution in [1.82, 2.24) is 14.1 Å². The second-order valence-corrected chi connectivity index (χ2v) is 15.3. The molecule has 6 rings (SSSR count). The van der Waals surface area contributed by atoms with Crippen molar-refractivity contribution in [3.8, 4) is 16.9 Å². The van der Waals surface area contributed by atoms with Gasteiger partial charge in [0.2, 0.25) is 15.9 Å². The summed E-state index contributed by atoms with van der Waals surface area (Å²) < 4.78 is 35.6. The highest BCUT2D eigenvalue weighted by Crippen LogP contribution is 2.29. The lowest BCUT2D eigenvalue weighted by Gasteiger charge is -2.42. The van der Waals surface area contributed by atoms with Crippen molar-refractivity contribution in [3.63, 3.8) is 0 Å². The first-order chi connectivity index (χ1) is 22.3. The number of hydrogen-bond donors (Lipinski definition) is 1. The van der Waals surface area contributed by atoms with Crippen molar-refractivity contribution in [3.05, 3.63) is 83.4 Å². The molecule has 1 saturated carbocycles. The highest BCUT2D eigenvalue weighted by molar-refractivity contribution is 7.89. The molecule has 2 N–H and O–H groups in total. The molecule has 1 amide bonds. The summed E-state index contributed by atoms with van der Waals surface area (Å²) >= 11 is 6.05. The second-order valence-electron chi connectivity index (χ2n) is 13.0. The van der Waals surface area contributed by atoms with Crippen molar-refractivity contribution in [1.29, 1.82) is 0 Å². The number of piperazine rings is 1. The molecule has 246 valence electrons. The zero-order valence-corrected chi connectivity index (χ0v) is 28.0. The van der Waals surface area contributed by atoms with E-state index >= 15 is 0 Å². The van der Waals surface area contributed by atoms with Crippen LogP contribution in [0.4, 0.5) is 0 Å². The van der Waals surface area contributed by atoms with Gasteiger partial charge in [-0.2, -0.15) is 4.31 Å². The number of likely N-dealkylation sites (tertiary alicyclic amines) is 1. The zero-order valence-electron chi connectivity index (χ0n) is 26.4. The first-order valence-corrected chi connectivity index (χ1v) is 18.4. The Morgan fingerprint density at radius 2 is 1.43 bits per heavy atom. The Balaban J connectivity index is 1.16. The Bertz CT molecular complexity index is 1550. The number of carbonyl (C=O) groups excluding carboxylic acids is 1. The third-order valence-corrected chi connectivity index (χ3v) is 11.9. The lowest BCUT2D eigenvalue weighted by molar-refractivity contribution is -0.138. The Hall–Kier alpha value is -2.95. The van der Waals surface area contributed by atoms with Gasteiger partial charge in [0, 0.05) is 50.3 Å². The first kappa shape index (κ1) is 33.0. The fourth-order valence-corrected chi connectivity index (χ4v) is 8.59. The molecule has 1 atom stereocenters. The highest BCUT2D eigenvalue weighted by atomic mass is 35.5. The highest BCUT2D eigenvalue weighted by Gasteiger charge is 2.42. The molecule has 2 aliphatic heterocycles. The maximum absolute atomic E-state index is 14.1. The molecule has 10 heteroatoms. The molecule has 3 aromatic carbocycles. The summed E-state index contributed by atoms with van der Waals surface area (Å²) in [5.74, 6) is 1.09. The minimum absolute atomic E-state index is 0.0708. The fraction of sp³-hybridized carbons (Fsp3) is 0.472. The minimum Gasteiger partial charge on any atom is -0.493 e. The second kappa shape index (κ2) is 14.9. The van der Waals surface area contributed by atoms with E-state index in [0.717, 1.165) is 29.5 Å². The van der Waals surface area contributed by atoms with E-state index in [0.29, 0.717) is 56.0 Å².